The highest BCUT2D eigenvalue weighted by atomic mass is 35.5. The van der Waals surface area contributed by atoms with Crippen molar-refractivity contribution < 1.29 is 23.2 Å². The smallest absolute Gasteiger partial charge is 0.289 e. The van der Waals surface area contributed by atoms with E-state index in [1.165, 1.54) is 11.3 Å². The predicted molar refractivity (Wildman–Crippen MR) is 127 cm³/mol. The Hall–Kier alpha value is -3.37. The third kappa shape index (κ3) is 6.01. The molecule has 1 fully saturated rings. The standard InChI is InChI=1S/C24H21ClF2N4O3S/c25-18-4-2-1-3-15(18)11-21(32)31-9-7-14(8-10-31)24-28-20(13-35-24)23(34)30-29-22(33)17-6-5-16(26)12-19(17)27/h1-6,12-14H,7-11H2,(H,29,33)(H,30,34). The first-order valence-electron chi connectivity index (χ1n) is 10.8. The fourth-order valence-electron chi connectivity index (χ4n) is 3.79. The number of hydrogen-bond acceptors (Lipinski definition) is 5. The lowest BCUT2D eigenvalue weighted by atomic mass is 9.97. The van der Waals surface area contributed by atoms with Gasteiger partial charge in [0.15, 0.2) is 0 Å². The van der Waals surface area contributed by atoms with Crippen LogP contribution >= 0.6 is 22.9 Å². The molecule has 4 rings (SSSR count). The van der Waals surface area contributed by atoms with E-state index in [2.05, 4.69) is 15.8 Å². The molecule has 0 radical (unpaired) electrons. The first-order chi connectivity index (χ1) is 16.8. The van der Waals surface area contributed by atoms with Crippen LogP contribution in [0.5, 0.6) is 0 Å². The largest absolute Gasteiger partial charge is 0.342 e. The molecule has 0 aliphatic carbocycles. The summed E-state index contributed by atoms with van der Waals surface area (Å²) in [4.78, 5) is 43.2. The molecule has 0 bridgehead atoms. The summed E-state index contributed by atoms with van der Waals surface area (Å²) in [7, 11) is 0. The monoisotopic (exact) mass is 518 g/mol. The van der Waals surface area contributed by atoms with Crippen LogP contribution in [0.4, 0.5) is 8.78 Å². The first kappa shape index (κ1) is 24.7. The van der Waals surface area contributed by atoms with Gasteiger partial charge in [-0.1, -0.05) is 29.8 Å². The first-order valence-corrected chi connectivity index (χ1v) is 12.1. The maximum Gasteiger partial charge on any atom is 0.289 e. The molecule has 2 aromatic carbocycles. The number of likely N-dealkylation sites (tertiary alicyclic amines) is 1. The molecule has 2 N–H and O–H groups in total. The van der Waals surface area contributed by atoms with E-state index < -0.39 is 29.0 Å². The van der Waals surface area contributed by atoms with Crippen molar-refractivity contribution in [3.63, 3.8) is 0 Å². The van der Waals surface area contributed by atoms with E-state index in [0.717, 1.165) is 22.7 Å². The maximum absolute atomic E-state index is 13.7. The third-order valence-electron chi connectivity index (χ3n) is 5.72. The van der Waals surface area contributed by atoms with E-state index in [4.69, 9.17) is 11.6 Å². The number of hydrazine groups is 1. The highest BCUT2D eigenvalue weighted by Crippen LogP contribution is 2.30. The van der Waals surface area contributed by atoms with Gasteiger partial charge in [0.25, 0.3) is 11.8 Å². The van der Waals surface area contributed by atoms with Crippen LogP contribution in [-0.4, -0.2) is 40.7 Å². The minimum Gasteiger partial charge on any atom is -0.342 e. The molecule has 0 unspecified atom stereocenters. The molecule has 11 heteroatoms. The van der Waals surface area contributed by atoms with Gasteiger partial charge in [-0.25, -0.2) is 13.8 Å². The normalized spacial score (nSPS) is 14.0. The molecule has 1 aromatic heterocycles. The van der Waals surface area contributed by atoms with Gasteiger partial charge in [-0.2, -0.15) is 0 Å². The lowest BCUT2D eigenvalue weighted by Crippen LogP contribution is -2.42. The van der Waals surface area contributed by atoms with E-state index in [1.54, 1.807) is 11.4 Å². The summed E-state index contributed by atoms with van der Waals surface area (Å²) in [5.74, 6) is -3.30. The average molecular weight is 519 g/mol. The Morgan fingerprint density at radius 3 is 2.49 bits per heavy atom. The van der Waals surface area contributed by atoms with Crippen molar-refractivity contribution in [2.75, 3.05) is 13.1 Å². The average Bonchev–Trinajstić information content (AvgIpc) is 3.34. The highest BCUT2D eigenvalue weighted by Gasteiger charge is 2.27. The Morgan fingerprint density at radius 2 is 1.77 bits per heavy atom. The van der Waals surface area contributed by atoms with Gasteiger partial charge in [0.1, 0.15) is 17.3 Å². The van der Waals surface area contributed by atoms with Crippen molar-refractivity contribution in [3.05, 3.63) is 86.3 Å². The Balaban J connectivity index is 1.28. The summed E-state index contributed by atoms with van der Waals surface area (Å²) in [5.41, 5.74) is 4.79. The third-order valence-corrected chi connectivity index (χ3v) is 7.09. The molecule has 3 amide bonds. The Kier molecular flexibility index (Phi) is 7.72. The quantitative estimate of drug-likeness (QED) is 0.498. The van der Waals surface area contributed by atoms with E-state index >= 15 is 0 Å². The summed E-state index contributed by atoms with van der Waals surface area (Å²) in [6, 6.07) is 9.79. The molecule has 0 spiro atoms. The van der Waals surface area contributed by atoms with Crippen LogP contribution < -0.4 is 10.9 Å². The second kappa shape index (κ2) is 10.9. The van der Waals surface area contributed by atoms with Crippen LogP contribution in [0.3, 0.4) is 0 Å². The number of thiazole rings is 1. The van der Waals surface area contributed by atoms with Crippen molar-refractivity contribution in [1.29, 1.82) is 0 Å². The fourth-order valence-corrected chi connectivity index (χ4v) is 4.96. The van der Waals surface area contributed by atoms with E-state index in [0.29, 0.717) is 37.0 Å². The number of nitrogens with one attached hydrogen (secondary N) is 2. The van der Waals surface area contributed by atoms with E-state index in [-0.39, 0.29) is 23.9 Å². The van der Waals surface area contributed by atoms with Crippen molar-refractivity contribution in [1.82, 2.24) is 20.7 Å². The van der Waals surface area contributed by atoms with E-state index in [9.17, 15) is 23.2 Å². The zero-order chi connectivity index (χ0) is 24.9. The second-order valence-corrected chi connectivity index (χ2v) is 9.32. The lowest BCUT2D eigenvalue weighted by molar-refractivity contribution is -0.131. The fraction of sp³-hybridized carbons (Fsp3) is 0.250. The number of nitrogens with zero attached hydrogens (tertiary/aromatic N) is 2. The van der Waals surface area contributed by atoms with Crippen LogP contribution in [0.25, 0.3) is 0 Å². The van der Waals surface area contributed by atoms with Gasteiger partial charge < -0.3 is 4.90 Å². The predicted octanol–water partition coefficient (Wildman–Crippen LogP) is 4.10. The van der Waals surface area contributed by atoms with Crippen LogP contribution in [0.15, 0.2) is 47.8 Å². The summed E-state index contributed by atoms with van der Waals surface area (Å²) in [6.45, 7) is 1.16. The molecule has 0 atom stereocenters. The molecule has 0 saturated carbocycles. The van der Waals surface area contributed by atoms with Gasteiger partial charge in [0.05, 0.1) is 17.0 Å². The summed E-state index contributed by atoms with van der Waals surface area (Å²) >= 11 is 7.48. The molecular formula is C24H21ClF2N4O3S. The van der Waals surface area contributed by atoms with E-state index in [1.807, 2.05) is 23.1 Å². The number of halogens is 3. The van der Waals surface area contributed by atoms with Crippen LogP contribution in [0.2, 0.25) is 5.02 Å². The molecule has 1 aliphatic heterocycles. The molecule has 182 valence electrons. The van der Waals surface area contributed by atoms with Gasteiger partial charge in [-0.05, 0) is 36.6 Å². The second-order valence-electron chi connectivity index (χ2n) is 8.03. The van der Waals surface area contributed by atoms with Crippen LogP contribution in [0.1, 0.15) is 50.2 Å². The zero-order valence-electron chi connectivity index (χ0n) is 18.4. The summed E-state index contributed by atoms with van der Waals surface area (Å²) in [5, 5.41) is 2.91. The van der Waals surface area contributed by atoms with Gasteiger partial charge >= 0.3 is 0 Å². The number of hydrogen-bond donors (Lipinski definition) is 2. The number of rotatable bonds is 5. The number of piperidine rings is 1. The molecule has 1 aliphatic rings. The van der Waals surface area contributed by atoms with Gasteiger partial charge in [0, 0.05) is 35.5 Å². The Bertz CT molecular complexity index is 1260. The molecular weight excluding hydrogens is 498 g/mol. The number of carbonyl (C=O) groups excluding carboxylic acids is 3. The molecule has 2 heterocycles. The number of aromatic nitrogens is 1. The van der Waals surface area contributed by atoms with Crippen molar-refractivity contribution in [2.24, 2.45) is 0 Å². The van der Waals surface area contributed by atoms with Gasteiger partial charge in [-0.3, -0.25) is 25.2 Å². The Morgan fingerprint density at radius 1 is 1.06 bits per heavy atom. The molecule has 35 heavy (non-hydrogen) atoms. The van der Waals surface area contributed by atoms with Crippen molar-refractivity contribution in [2.45, 2.75) is 25.2 Å². The number of benzene rings is 2. The molecule has 3 aromatic rings. The summed E-state index contributed by atoms with van der Waals surface area (Å²) < 4.78 is 26.7. The minimum atomic E-state index is -1.04. The number of amides is 3. The Labute approximate surface area is 209 Å². The molecule has 1 saturated heterocycles. The highest BCUT2D eigenvalue weighted by molar-refractivity contribution is 7.09. The van der Waals surface area contributed by atoms with Crippen molar-refractivity contribution >= 4 is 40.7 Å². The maximum atomic E-state index is 13.7. The van der Waals surface area contributed by atoms with Crippen LogP contribution in [-0.2, 0) is 11.2 Å². The summed E-state index contributed by atoms with van der Waals surface area (Å²) in [6.07, 6.45) is 1.67. The van der Waals surface area contributed by atoms with Crippen molar-refractivity contribution in [3.8, 4) is 0 Å². The molecule has 7 nitrogen and oxygen atoms in total. The zero-order valence-corrected chi connectivity index (χ0v) is 20.0. The minimum absolute atomic E-state index is 0.0177. The van der Waals surface area contributed by atoms with Gasteiger partial charge in [-0.15, -0.1) is 11.3 Å². The topological polar surface area (TPSA) is 91.4 Å². The van der Waals surface area contributed by atoms with Crippen LogP contribution in [0, 0.1) is 11.6 Å². The SMILES string of the molecule is O=C(NNC(=O)c1ccc(F)cc1F)c1csc(C2CCN(C(=O)Cc3ccccc3Cl)CC2)n1. The van der Waals surface area contributed by atoms with Gasteiger partial charge in [0.2, 0.25) is 5.91 Å². The lowest BCUT2D eigenvalue weighted by Gasteiger charge is -2.31. The number of carbonyl (C=O) groups is 3.